The van der Waals surface area contributed by atoms with Gasteiger partial charge in [-0.15, -0.1) is 0 Å². The Balaban J connectivity index is 2.83. The average molecular weight is 181 g/mol. The van der Waals surface area contributed by atoms with Crippen molar-refractivity contribution >= 4 is 17.2 Å². The van der Waals surface area contributed by atoms with E-state index >= 15 is 0 Å². The van der Waals surface area contributed by atoms with Crippen LogP contribution in [0, 0.1) is 13.8 Å². The highest BCUT2D eigenvalue weighted by Gasteiger charge is 2.00. The second-order valence-corrected chi connectivity index (χ2v) is 3.36. The topological polar surface area (TPSA) is 17.3 Å². The van der Waals surface area contributed by atoms with Crippen molar-refractivity contribution in [1.29, 1.82) is 0 Å². The van der Waals surface area contributed by atoms with Gasteiger partial charge >= 0.3 is 0 Å². The van der Waals surface area contributed by atoms with Crippen molar-refractivity contribution in [2.75, 3.05) is 0 Å². The Morgan fingerprint density at radius 3 is 2.83 bits per heavy atom. The molecular weight excluding hydrogens is 172 g/mol. The maximum atomic E-state index is 5.95. The summed E-state index contributed by atoms with van der Waals surface area (Å²) in [6.45, 7) is 3.95. The van der Waals surface area contributed by atoms with Crippen LogP contribution in [0.15, 0.2) is 18.5 Å². The Labute approximate surface area is 75.8 Å². The molecule has 2 aromatic heterocycles. The molecule has 2 nitrogen and oxygen atoms in total. The highest BCUT2D eigenvalue weighted by Crippen LogP contribution is 2.16. The van der Waals surface area contributed by atoms with E-state index in [4.69, 9.17) is 11.6 Å². The molecule has 0 bridgehead atoms. The zero-order valence-corrected chi connectivity index (χ0v) is 7.76. The minimum atomic E-state index is 0.778. The fourth-order valence-corrected chi connectivity index (χ4v) is 1.39. The average Bonchev–Trinajstić information content (AvgIpc) is 2.30. The molecule has 12 heavy (non-hydrogen) atoms. The van der Waals surface area contributed by atoms with E-state index in [0.717, 1.165) is 21.9 Å². The summed E-state index contributed by atoms with van der Waals surface area (Å²) < 4.78 is 1.94. The molecule has 0 N–H and O–H groups in total. The number of hydrogen-bond donors (Lipinski definition) is 0. The number of nitrogens with zero attached hydrogens (tertiary/aromatic N) is 2. The van der Waals surface area contributed by atoms with Crippen LogP contribution < -0.4 is 0 Å². The predicted molar refractivity (Wildman–Crippen MR) is 49.7 cm³/mol. The van der Waals surface area contributed by atoms with Gasteiger partial charge in [0.15, 0.2) is 0 Å². The lowest BCUT2D eigenvalue weighted by Gasteiger charge is -1.97. The molecule has 2 rings (SSSR count). The number of aryl methyl sites for hydroxylation is 2. The molecule has 0 radical (unpaired) electrons. The fourth-order valence-electron chi connectivity index (χ4n) is 1.23. The molecule has 2 heterocycles. The normalized spacial score (nSPS) is 10.9. The monoisotopic (exact) mass is 180 g/mol. The molecule has 0 fully saturated rings. The molecule has 0 atom stereocenters. The third kappa shape index (κ3) is 1.08. The van der Waals surface area contributed by atoms with E-state index in [1.165, 1.54) is 0 Å². The van der Waals surface area contributed by atoms with Gasteiger partial charge in [0.25, 0.3) is 0 Å². The summed E-state index contributed by atoms with van der Waals surface area (Å²) >= 11 is 5.95. The zero-order chi connectivity index (χ0) is 8.72. The maximum Gasteiger partial charge on any atom is 0.137 e. The van der Waals surface area contributed by atoms with Crippen molar-refractivity contribution in [3.8, 4) is 0 Å². The van der Waals surface area contributed by atoms with Gasteiger partial charge in [-0.2, -0.15) is 0 Å². The van der Waals surface area contributed by atoms with Crippen LogP contribution in [0.25, 0.3) is 5.65 Å². The minimum Gasteiger partial charge on any atom is -0.305 e. The Morgan fingerprint density at radius 1 is 1.33 bits per heavy atom. The van der Waals surface area contributed by atoms with Crippen LogP contribution in [0.1, 0.15) is 11.3 Å². The maximum absolute atomic E-state index is 5.95. The fraction of sp³-hybridized carbons (Fsp3) is 0.222. The molecule has 3 heteroatoms. The van der Waals surface area contributed by atoms with Gasteiger partial charge in [-0.1, -0.05) is 11.6 Å². The molecule has 0 saturated heterocycles. The van der Waals surface area contributed by atoms with Gasteiger partial charge in [0.05, 0.1) is 10.7 Å². The van der Waals surface area contributed by atoms with Crippen molar-refractivity contribution < 1.29 is 0 Å². The van der Waals surface area contributed by atoms with Gasteiger partial charge in [0.2, 0.25) is 0 Å². The van der Waals surface area contributed by atoms with E-state index in [9.17, 15) is 0 Å². The van der Waals surface area contributed by atoms with Crippen LogP contribution in [0.5, 0.6) is 0 Å². The van der Waals surface area contributed by atoms with E-state index < -0.39 is 0 Å². The molecule has 0 amide bonds. The van der Waals surface area contributed by atoms with Crippen LogP contribution in [-0.2, 0) is 0 Å². The molecule has 0 aliphatic carbocycles. The second-order valence-electron chi connectivity index (χ2n) is 2.95. The van der Waals surface area contributed by atoms with Crippen molar-refractivity contribution in [3.63, 3.8) is 0 Å². The molecule has 0 aliphatic heterocycles. The minimum absolute atomic E-state index is 0.778. The van der Waals surface area contributed by atoms with E-state index in [0.29, 0.717) is 0 Å². The lowest BCUT2D eigenvalue weighted by molar-refractivity contribution is 1.17. The van der Waals surface area contributed by atoms with Gasteiger partial charge < -0.3 is 4.40 Å². The quantitative estimate of drug-likeness (QED) is 0.609. The Bertz CT molecular complexity index is 392. The van der Waals surface area contributed by atoms with E-state index in [-0.39, 0.29) is 0 Å². The standard InChI is InChI=1S/C9H9ClN2/c1-6-3-9-11-7(2)4-12(9)5-8(6)10/h3-5H,1-2H3. The first kappa shape index (κ1) is 7.62. The number of pyridine rings is 1. The smallest absolute Gasteiger partial charge is 0.137 e. The largest absolute Gasteiger partial charge is 0.305 e. The van der Waals surface area contributed by atoms with Crippen molar-refractivity contribution in [1.82, 2.24) is 9.38 Å². The first-order valence-electron chi connectivity index (χ1n) is 3.78. The third-order valence-corrected chi connectivity index (χ3v) is 2.25. The first-order chi connectivity index (χ1) is 5.66. The lowest BCUT2D eigenvalue weighted by Crippen LogP contribution is -1.84. The SMILES string of the molecule is Cc1cn2cc(Cl)c(C)cc2n1. The molecule has 0 aliphatic rings. The molecule has 0 spiro atoms. The summed E-state index contributed by atoms with van der Waals surface area (Å²) in [5, 5.41) is 0.778. The molecule has 0 unspecified atom stereocenters. The number of fused-ring (bicyclic) bond motifs is 1. The van der Waals surface area contributed by atoms with Crippen LogP contribution in [0.3, 0.4) is 0 Å². The molecule has 0 saturated carbocycles. The number of rotatable bonds is 0. The highest BCUT2D eigenvalue weighted by molar-refractivity contribution is 6.31. The predicted octanol–water partition coefficient (Wildman–Crippen LogP) is 2.60. The van der Waals surface area contributed by atoms with Gasteiger partial charge in [-0.25, -0.2) is 4.98 Å². The van der Waals surface area contributed by atoms with Gasteiger partial charge in [0, 0.05) is 12.4 Å². The Kier molecular flexibility index (Phi) is 1.58. The summed E-state index contributed by atoms with van der Waals surface area (Å²) in [4.78, 5) is 4.32. The van der Waals surface area contributed by atoms with Gasteiger partial charge in [0.1, 0.15) is 5.65 Å². The van der Waals surface area contributed by atoms with Crippen molar-refractivity contribution in [2.24, 2.45) is 0 Å². The number of aromatic nitrogens is 2. The van der Waals surface area contributed by atoms with E-state index in [2.05, 4.69) is 4.98 Å². The number of halogens is 1. The molecule has 2 aromatic rings. The molecule has 62 valence electrons. The van der Waals surface area contributed by atoms with Crippen LogP contribution in [0.4, 0.5) is 0 Å². The summed E-state index contributed by atoms with van der Waals surface area (Å²) in [5.41, 5.74) is 3.03. The number of hydrogen-bond acceptors (Lipinski definition) is 1. The van der Waals surface area contributed by atoms with Gasteiger partial charge in [-0.3, -0.25) is 0 Å². The highest BCUT2D eigenvalue weighted by atomic mass is 35.5. The Morgan fingerprint density at radius 2 is 2.08 bits per heavy atom. The number of imidazole rings is 1. The van der Waals surface area contributed by atoms with E-state index in [1.807, 2.05) is 36.7 Å². The lowest BCUT2D eigenvalue weighted by atomic mass is 10.3. The zero-order valence-electron chi connectivity index (χ0n) is 7.00. The van der Waals surface area contributed by atoms with Gasteiger partial charge in [-0.05, 0) is 25.5 Å². The summed E-state index contributed by atoms with van der Waals surface area (Å²) in [7, 11) is 0. The first-order valence-corrected chi connectivity index (χ1v) is 4.16. The summed E-state index contributed by atoms with van der Waals surface area (Å²) in [6.07, 6.45) is 3.84. The van der Waals surface area contributed by atoms with Crippen LogP contribution >= 0.6 is 11.6 Å². The second kappa shape index (κ2) is 2.49. The van der Waals surface area contributed by atoms with Crippen molar-refractivity contribution in [2.45, 2.75) is 13.8 Å². The van der Waals surface area contributed by atoms with E-state index in [1.54, 1.807) is 0 Å². The Hall–Kier alpha value is -1.02. The van der Waals surface area contributed by atoms with Crippen LogP contribution in [-0.4, -0.2) is 9.38 Å². The van der Waals surface area contributed by atoms with Crippen LogP contribution in [0.2, 0.25) is 5.02 Å². The third-order valence-electron chi connectivity index (χ3n) is 1.86. The molecular formula is C9H9ClN2. The summed E-state index contributed by atoms with van der Waals surface area (Å²) in [5.74, 6) is 0. The van der Waals surface area contributed by atoms with Crippen molar-refractivity contribution in [3.05, 3.63) is 34.7 Å². The molecule has 0 aromatic carbocycles. The summed E-state index contributed by atoms with van der Waals surface area (Å²) in [6, 6.07) is 1.98.